The highest BCUT2D eigenvalue weighted by Gasteiger charge is 2.30. The first kappa shape index (κ1) is 14.5. The van der Waals surface area contributed by atoms with Crippen LogP contribution in [-0.2, 0) is 18.0 Å². The van der Waals surface area contributed by atoms with E-state index in [2.05, 4.69) is 12.2 Å². The largest absolute Gasteiger partial charge is 0.372 e. The molecule has 2 aliphatic heterocycles. The summed E-state index contributed by atoms with van der Waals surface area (Å²) in [6.45, 7) is 5.21. The zero-order chi connectivity index (χ0) is 14.8. The zero-order valence-electron chi connectivity index (χ0n) is 12.9. The van der Waals surface area contributed by atoms with Gasteiger partial charge in [0.15, 0.2) is 0 Å². The molecule has 0 bridgehead atoms. The summed E-state index contributed by atoms with van der Waals surface area (Å²) in [7, 11) is 2.02. The molecule has 3 rings (SSSR count). The Balaban J connectivity index is 1.73. The molecule has 1 aromatic rings. The summed E-state index contributed by atoms with van der Waals surface area (Å²) in [5, 5.41) is 3.38. The van der Waals surface area contributed by atoms with Crippen LogP contribution >= 0.6 is 0 Å². The lowest BCUT2D eigenvalue weighted by Gasteiger charge is -2.38. The van der Waals surface area contributed by atoms with Crippen LogP contribution in [0.3, 0.4) is 0 Å². The average Bonchev–Trinajstić information content (AvgIpc) is 3.00. The van der Waals surface area contributed by atoms with E-state index in [4.69, 9.17) is 4.74 Å². The van der Waals surface area contributed by atoms with Gasteiger partial charge in [-0.2, -0.15) is 0 Å². The van der Waals surface area contributed by atoms with Gasteiger partial charge in [-0.15, -0.1) is 0 Å². The number of piperidine rings is 1. The van der Waals surface area contributed by atoms with Crippen LogP contribution < -0.4 is 5.32 Å². The Morgan fingerprint density at radius 1 is 1.38 bits per heavy atom. The Morgan fingerprint density at radius 3 is 2.95 bits per heavy atom. The van der Waals surface area contributed by atoms with Gasteiger partial charge in [-0.1, -0.05) is 19.4 Å². The fourth-order valence-electron chi connectivity index (χ4n) is 3.50. The van der Waals surface area contributed by atoms with E-state index in [1.165, 1.54) is 5.56 Å². The maximum atomic E-state index is 12.7. The number of benzene rings is 1. The van der Waals surface area contributed by atoms with Crippen molar-refractivity contribution in [1.82, 2.24) is 10.2 Å². The fourth-order valence-corrected chi connectivity index (χ4v) is 3.50. The second-order valence-electron chi connectivity index (χ2n) is 6.08. The normalized spacial score (nSPS) is 25.0. The Kier molecular flexibility index (Phi) is 4.27. The molecule has 2 atom stereocenters. The van der Waals surface area contributed by atoms with E-state index >= 15 is 0 Å². The lowest BCUT2D eigenvalue weighted by molar-refractivity contribution is 0.0631. The van der Waals surface area contributed by atoms with Crippen molar-refractivity contribution in [2.45, 2.75) is 39.0 Å². The number of ether oxygens (including phenoxy) is 1. The molecule has 2 aliphatic rings. The van der Waals surface area contributed by atoms with Gasteiger partial charge < -0.3 is 15.0 Å². The molecule has 0 saturated carbocycles. The van der Waals surface area contributed by atoms with E-state index in [0.29, 0.717) is 25.2 Å². The number of hydrogen-bond donors (Lipinski definition) is 1. The van der Waals surface area contributed by atoms with Crippen molar-refractivity contribution in [2.75, 3.05) is 20.1 Å². The van der Waals surface area contributed by atoms with Crippen LogP contribution in [0.5, 0.6) is 0 Å². The van der Waals surface area contributed by atoms with Crippen LogP contribution in [0.25, 0.3) is 0 Å². The van der Waals surface area contributed by atoms with Crippen molar-refractivity contribution in [3.8, 4) is 0 Å². The maximum Gasteiger partial charge on any atom is 0.253 e. The number of fused-ring (bicyclic) bond motifs is 1. The minimum Gasteiger partial charge on any atom is -0.372 e. The van der Waals surface area contributed by atoms with Gasteiger partial charge in [-0.05, 0) is 42.6 Å². The molecule has 4 heteroatoms. The molecule has 1 saturated heterocycles. The highest BCUT2D eigenvalue weighted by atomic mass is 16.5. The van der Waals surface area contributed by atoms with E-state index in [0.717, 1.165) is 37.1 Å². The molecule has 0 spiro atoms. The summed E-state index contributed by atoms with van der Waals surface area (Å²) in [5.41, 5.74) is 3.18. The van der Waals surface area contributed by atoms with Crippen molar-refractivity contribution in [3.05, 3.63) is 34.9 Å². The number of carbonyl (C=O) groups is 1. The van der Waals surface area contributed by atoms with Gasteiger partial charge in [-0.3, -0.25) is 4.79 Å². The number of nitrogens with zero attached hydrogens (tertiary/aromatic N) is 1. The molecule has 2 unspecified atom stereocenters. The van der Waals surface area contributed by atoms with Crippen LogP contribution in [0.1, 0.15) is 41.3 Å². The number of nitrogens with one attached hydrogen (secondary N) is 1. The third-order valence-corrected chi connectivity index (χ3v) is 4.88. The van der Waals surface area contributed by atoms with Gasteiger partial charge in [-0.25, -0.2) is 0 Å². The molecule has 1 N–H and O–H groups in total. The predicted molar refractivity (Wildman–Crippen MR) is 82.1 cm³/mol. The van der Waals surface area contributed by atoms with Gasteiger partial charge in [0.2, 0.25) is 0 Å². The molecule has 0 aromatic heterocycles. The summed E-state index contributed by atoms with van der Waals surface area (Å²) in [5.74, 6) is 0.711. The molecule has 0 aliphatic carbocycles. The number of likely N-dealkylation sites (tertiary alicyclic amines) is 1. The number of carbonyl (C=O) groups excluding carboxylic acids is 1. The number of rotatable bonds is 3. The van der Waals surface area contributed by atoms with Crippen molar-refractivity contribution in [1.29, 1.82) is 0 Å². The van der Waals surface area contributed by atoms with E-state index in [1.54, 1.807) is 0 Å². The predicted octanol–water partition coefficient (Wildman–Crippen LogP) is 2.18. The molecular formula is C17H24N2O2. The van der Waals surface area contributed by atoms with Gasteiger partial charge >= 0.3 is 0 Å². The lowest BCUT2D eigenvalue weighted by atomic mass is 9.89. The van der Waals surface area contributed by atoms with Crippen LogP contribution in [-0.4, -0.2) is 37.0 Å². The van der Waals surface area contributed by atoms with Gasteiger partial charge in [0, 0.05) is 24.7 Å². The fraction of sp³-hybridized carbons (Fsp3) is 0.588. The van der Waals surface area contributed by atoms with E-state index in [1.807, 2.05) is 30.1 Å². The van der Waals surface area contributed by atoms with Gasteiger partial charge in [0.05, 0.1) is 13.2 Å². The van der Waals surface area contributed by atoms with Crippen LogP contribution in [0, 0.1) is 5.92 Å². The lowest BCUT2D eigenvalue weighted by Crippen LogP contribution is -2.50. The second-order valence-corrected chi connectivity index (χ2v) is 6.08. The number of amides is 1. The van der Waals surface area contributed by atoms with Crippen molar-refractivity contribution in [3.63, 3.8) is 0 Å². The zero-order valence-corrected chi connectivity index (χ0v) is 12.9. The average molecular weight is 288 g/mol. The Bertz CT molecular complexity index is 530. The third kappa shape index (κ3) is 2.83. The highest BCUT2D eigenvalue weighted by molar-refractivity contribution is 5.94. The smallest absolute Gasteiger partial charge is 0.253 e. The third-order valence-electron chi connectivity index (χ3n) is 4.88. The summed E-state index contributed by atoms with van der Waals surface area (Å²) in [6.07, 6.45) is 2.14. The van der Waals surface area contributed by atoms with E-state index in [9.17, 15) is 4.79 Å². The van der Waals surface area contributed by atoms with Crippen LogP contribution in [0.2, 0.25) is 0 Å². The standard InChI is InChI=1S/C17H24N2O2/c1-3-12-9-19(7-6-16(12)18-2)17(20)13-4-5-14-10-21-11-15(14)8-13/h4-5,8,12,16,18H,3,6-7,9-11H2,1-2H3. The molecule has 2 heterocycles. The SMILES string of the molecule is CCC1CN(C(=O)c2ccc3c(c2)COC3)CCC1NC. The Morgan fingerprint density at radius 2 is 2.19 bits per heavy atom. The first-order valence-corrected chi connectivity index (χ1v) is 7.89. The Labute approximate surface area is 126 Å². The topological polar surface area (TPSA) is 41.6 Å². The molecule has 1 aromatic carbocycles. The van der Waals surface area contributed by atoms with Crippen LogP contribution in [0.15, 0.2) is 18.2 Å². The summed E-state index contributed by atoms with van der Waals surface area (Å²) in [4.78, 5) is 14.7. The molecular weight excluding hydrogens is 264 g/mol. The van der Waals surface area contributed by atoms with Gasteiger partial charge in [0.1, 0.15) is 0 Å². The second kappa shape index (κ2) is 6.16. The molecule has 0 radical (unpaired) electrons. The van der Waals surface area contributed by atoms with Gasteiger partial charge in [0.25, 0.3) is 5.91 Å². The van der Waals surface area contributed by atoms with Crippen molar-refractivity contribution < 1.29 is 9.53 Å². The van der Waals surface area contributed by atoms with Crippen molar-refractivity contribution in [2.24, 2.45) is 5.92 Å². The summed E-state index contributed by atoms with van der Waals surface area (Å²) in [6, 6.07) is 6.52. The summed E-state index contributed by atoms with van der Waals surface area (Å²) < 4.78 is 5.43. The molecule has 4 nitrogen and oxygen atoms in total. The van der Waals surface area contributed by atoms with E-state index in [-0.39, 0.29) is 5.91 Å². The van der Waals surface area contributed by atoms with Crippen LogP contribution in [0.4, 0.5) is 0 Å². The first-order valence-electron chi connectivity index (χ1n) is 7.89. The summed E-state index contributed by atoms with van der Waals surface area (Å²) >= 11 is 0. The molecule has 21 heavy (non-hydrogen) atoms. The maximum absolute atomic E-state index is 12.7. The monoisotopic (exact) mass is 288 g/mol. The Hall–Kier alpha value is -1.39. The quantitative estimate of drug-likeness (QED) is 0.927. The number of hydrogen-bond acceptors (Lipinski definition) is 3. The highest BCUT2D eigenvalue weighted by Crippen LogP contribution is 2.24. The molecule has 1 fully saturated rings. The minimum atomic E-state index is 0.165. The molecule has 1 amide bonds. The first-order chi connectivity index (χ1) is 10.2. The minimum absolute atomic E-state index is 0.165. The molecule has 114 valence electrons. The van der Waals surface area contributed by atoms with E-state index < -0.39 is 0 Å². The van der Waals surface area contributed by atoms with Crippen molar-refractivity contribution >= 4 is 5.91 Å².